The number of hydrogen-bond acceptors (Lipinski definition) is 2. The van der Waals surface area contributed by atoms with E-state index in [0.29, 0.717) is 17.5 Å². The van der Waals surface area contributed by atoms with Gasteiger partial charge in [0.25, 0.3) is 0 Å². The van der Waals surface area contributed by atoms with Crippen LogP contribution in [0.25, 0.3) is 11.1 Å². The minimum absolute atomic E-state index is 0.0181. The van der Waals surface area contributed by atoms with Gasteiger partial charge >= 0.3 is 6.61 Å². The molecule has 3 aromatic rings. The van der Waals surface area contributed by atoms with Crippen LogP contribution >= 0.6 is 0 Å². The Morgan fingerprint density at radius 3 is 2.07 bits per heavy atom. The number of aryl methyl sites for hydroxylation is 2. The van der Waals surface area contributed by atoms with Crippen LogP contribution in [-0.2, 0) is 19.3 Å². The minimum Gasteiger partial charge on any atom is -0.507 e. The molecule has 0 aliphatic heterocycles. The average Bonchev–Trinajstić information content (AvgIpc) is 2.70. The number of benzene rings is 3. The molecule has 0 fully saturated rings. The van der Waals surface area contributed by atoms with Gasteiger partial charge in [-0.1, -0.05) is 49.7 Å². The highest BCUT2D eigenvalue weighted by Crippen LogP contribution is 2.36. The Kier molecular flexibility index (Phi) is 6.98. The monoisotopic (exact) mass is 418 g/mol. The lowest BCUT2D eigenvalue weighted by Crippen LogP contribution is -2.03. The van der Waals surface area contributed by atoms with Gasteiger partial charge in [-0.15, -0.1) is 0 Å². The second kappa shape index (κ2) is 9.65. The van der Waals surface area contributed by atoms with E-state index in [1.807, 2.05) is 12.1 Å². The van der Waals surface area contributed by atoms with Crippen LogP contribution in [0, 0.1) is 11.6 Å². The fraction of sp³-hybridized carbons (Fsp3) is 0.250. The highest BCUT2D eigenvalue weighted by molar-refractivity contribution is 5.72. The van der Waals surface area contributed by atoms with Crippen LogP contribution in [0.3, 0.4) is 0 Å². The highest BCUT2D eigenvalue weighted by Gasteiger charge is 2.19. The summed E-state index contributed by atoms with van der Waals surface area (Å²) in [7, 11) is 0. The molecular weight excluding hydrogens is 396 g/mol. The van der Waals surface area contributed by atoms with E-state index in [2.05, 4.69) is 11.7 Å². The summed E-state index contributed by atoms with van der Waals surface area (Å²) in [5.74, 6) is -2.06. The van der Waals surface area contributed by atoms with E-state index >= 15 is 4.39 Å². The van der Waals surface area contributed by atoms with Crippen molar-refractivity contribution in [3.63, 3.8) is 0 Å². The third-order valence-electron chi connectivity index (χ3n) is 4.89. The molecule has 6 heteroatoms. The van der Waals surface area contributed by atoms with Gasteiger partial charge < -0.3 is 9.84 Å². The van der Waals surface area contributed by atoms with E-state index in [1.54, 1.807) is 24.3 Å². The fourth-order valence-corrected chi connectivity index (χ4v) is 3.38. The van der Waals surface area contributed by atoms with Gasteiger partial charge in [-0.25, -0.2) is 8.78 Å². The summed E-state index contributed by atoms with van der Waals surface area (Å²) in [5, 5.41) is 10.2. The molecule has 3 rings (SSSR count). The standard InChI is InChI=1S/C24H22F4O2/c1-2-3-15-4-9-17(10-5-15)22-21(29)14-20(25)19(23(22)26)13-8-16-6-11-18(12-7-16)30-24(27)28/h4-7,9-12,14,24,29H,2-3,8,13H2,1H3. The van der Waals surface area contributed by atoms with E-state index in [1.165, 1.54) is 12.1 Å². The largest absolute Gasteiger partial charge is 0.507 e. The molecule has 0 heterocycles. The molecule has 1 N–H and O–H groups in total. The van der Waals surface area contributed by atoms with Crippen molar-refractivity contribution in [2.45, 2.75) is 39.2 Å². The van der Waals surface area contributed by atoms with Gasteiger partial charge in [0.1, 0.15) is 23.1 Å². The van der Waals surface area contributed by atoms with Crippen molar-refractivity contribution in [1.29, 1.82) is 0 Å². The van der Waals surface area contributed by atoms with Crippen LogP contribution in [0.1, 0.15) is 30.0 Å². The van der Waals surface area contributed by atoms with Crippen LogP contribution in [0.5, 0.6) is 11.5 Å². The number of phenols is 1. The molecule has 0 saturated carbocycles. The SMILES string of the molecule is CCCc1ccc(-c2c(O)cc(F)c(CCc3ccc(OC(F)F)cc3)c2F)cc1. The molecule has 0 spiro atoms. The molecule has 0 aliphatic rings. The Labute approximate surface area is 172 Å². The Morgan fingerprint density at radius 2 is 1.47 bits per heavy atom. The molecule has 0 unspecified atom stereocenters. The first-order valence-corrected chi connectivity index (χ1v) is 9.72. The van der Waals surface area contributed by atoms with Crippen LogP contribution in [0.2, 0.25) is 0 Å². The molecule has 0 radical (unpaired) electrons. The lowest BCUT2D eigenvalue weighted by Gasteiger charge is -2.13. The van der Waals surface area contributed by atoms with Crippen LogP contribution in [-0.4, -0.2) is 11.7 Å². The third-order valence-corrected chi connectivity index (χ3v) is 4.89. The van der Waals surface area contributed by atoms with Crippen LogP contribution in [0.15, 0.2) is 54.6 Å². The van der Waals surface area contributed by atoms with Crippen molar-refractivity contribution in [3.8, 4) is 22.6 Å². The van der Waals surface area contributed by atoms with E-state index in [0.717, 1.165) is 24.5 Å². The molecule has 0 bridgehead atoms. The lowest BCUT2D eigenvalue weighted by atomic mass is 9.95. The van der Waals surface area contributed by atoms with Crippen LogP contribution < -0.4 is 4.74 Å². The number of ether oxygens (including phenoxy) is 1. The molecule has 2 nitrogen and oxygen atoms in total. The Morgan fingerprint density at radius 1 is 0.867 bits per heavy atom. The molecule has 0 amide bonds. The number of rotatable bonds is 8. The number of phenolic OH excluding ortho intramolecular Hbond substituents is 1. The predicted octanol–water partition coefficient (Wildman–Crippen LogP) is 6.68. The van der Waals surface area contributed by atoms with Gasteiger partial charge in [-0.05, 0) is 48.1 Å². The first-order valence-electron chi connectivity index (χ1n) is 9.72. The summed E-state index contributed by atoms with van der Waals surface area (Å²) in [6.07, 6.45) is 2.22. The first kappa shape index (κ1) is 21.7. The van der Waals surface area contributed by atoms with Crippen molar-refractivity contribution >= 4 is 0 Å². The van der Waals surface area contributed by atoms with Crippen molar-refractivity contribution in [1.82, 2.24) is 0 Å². The topological polar surface area (TPSA) is 29.5 Å². The second-order valence-corrected chi connectivity index (χ2v) is 7.01. The van der Waals surface area contributed by atoms with E-state index in [9.17, 15) is 18.3 Å². The predicted molar refractivity (Wildman–Crippen MR) is 108 cm³/mol. The Hall–Kier alpha value is -3.02. The molecule has 0 aliphatic carbocycles. The van der Waals surface area contributed by atoms with E-state index in [-0.39, 0.29) is 23.3 Å². The van der Waals surface area contributed by atoms with Crippen molar-refractivity contribution < 1.29 is 27.4 Å². The summed E-state index contributed by atoms with van der Waals surface area (Å²) in [4.78, 5) is 0. The van der Waals surface area contributed by atoms with Gasteiger partial charge in [0, 0.05) is 11.6 Å². The molecule has 0 atom stereocenters. The van der Waals surface area contributed by atoms with Crippen molar-refractivity contribution in [2.75, 3.05) is 0 Å². The summed E-state index contributed by atoms with van der Waals surface area (Å²) < 4.78 is 58.3. The molecule has 158 valence electrons. The maximum Gasteiger partial charge on any atom is 0.387 e. The van der Waals surface area contributed by atoms with Gasteiger partial charge in [0.2, 0.25) is 0 Å². The van der Waals surface area contributed by atoms with Gasteiger partial charge in [0.05, 0.1) is 5.56 Å². The summed E-state index contributed by atoms with van der Waals surface area (Å²) in [6.45, 7) is -0.851. The zero-order chi connectivity index (χ0) is 21.7. The molecule has 30 heavy (non-hydrogen) atoms. The normalized spacial score (nSPS) is 11.1. The second-order valence-electron chi connectivity index (χ2n) is 7.01. The van der Waals surface area contributed by atoms with Gasteiger partial charge in [0.15, 0.2) is 0 Å². The fourth-order valence-electron chi connectivity index (χ4n) is 3.38. The molecular formula is C24H22F4O2. The zero-order valence-corrected chi connectivity index (χ0v) is 16.5. The number of halogens is 4. The van der Waals surface area contributed by atoms with Gasteiger partial charge in [-0.2, -0.15) is 8.78 Å². The van der Waals surface area contributed by atoms with Crippen molar-refractivity contribution in [3.05, 3.63) is 82.9 Å². The van der Waals surface area contributed by atoms with E-state index < -0.39 is 24.0 Å². The maximum atomic E-state index is 15.1. The molecule has 3 aromatic carbocycles. The summed E-state index contributed by atoms with van der Waals surface area (Å²) >= 11 is 0. The summed E-state index contributed by atoms with van der Waals surface area (Å²) in [6, 6.07) is 14.0. The zero-order valence-electron chi connectivity index (χ0n) is 16.5. The number of aromatic hydroxyl groups is 1. The molecule has 0 aromatic heterocycles. The highest BCUT2D eigenvalue weighted by atomic mass is 19.3. The van der Waals surface area contributed by atoms with E-state index in [4.69, 9.17) is 0 Å². The minimum atomic E-state index is -2.91. The quantitative estimate of drug-likeness (QED) is 0.414. The van der Waals surface area contributed by atoms with Gasteiger partial charge in [-0.3, -0.25) is 0 Å². The molecule has 0 saturated heterocycles. The Bertz CT molecular complexity index is 984. The average molecular weight is 418 g/mol. The summed E-state index contributed by atoms with van der Waals surface area (Å²) in [5.41, 5.74) is 2.12. The lowest BCUT2D eigenvalue weighted by molar-refractivity contribution is -0.0498. The number of hydrogen-bond donors (Lipinski definition) is 1. The van der Waals surface area contributed by atoms with Crippen LogP contribution in [0.4, 0.5) is 17.6 Å². The number of alkyl halides is 2. The smallest absolute Gasteiger partial charge is 0.387 e. The third kappa shape index (κ3) is 5.12. The first-order chi connectivity index (χ1) is 14.4. The maximum absolute atomic E-state index is 15.1. The Balaban J connectivity index is 1.82. The van der Waals surface area contributed by atoms with Crippen molar-refractivity contribution in [2.24, 2.45) is 0 Å².